The highest BCUT2D eigenvalue weighted by Gasteiger charge is 2.34. The van der Waals surface area contributed by atoms with Gasteiger partial charge in [-0.15, -0.1) is 11.3 Å². The molecule has 0 bridgehead atoms. The highest BCUT2D eigenvalue weighted by atomic mass is 32.1. The summed E-state index contributed by atoms with van der Waals surface area (Å²) in [5, 5.41) is 14.5. The summed E-state index contributed by atoms with van der Waals surface area (Å²) in [7, 11) is 2.04. The molecule has 0 aliphatic heterocycles. The Hall–Kier alpha value is -0.980. The second-order valence-corrected chi connectivity index (χ2v) is 8.65. The Bertz CT molecular complexity index is 647. The van der Waals surface area contributed by atoms with Gasteiger partial charge in [0.05, 0.1) is 33.9 Å². The van der Waals surface area contributed by atoms with Gasteiger partial charge in [0.2, 0.25) is 0 Å². The zero-order valence-electron chi connectivity index (χ0n) is 12.9. The summed E-state index contributed by atoms with van der Waals surface area (Å²) in [6.07, 6.45) is 1.39. The van der Waals surface area contributed by atoms with Crippen molar-refractivity contribution in [2.24, 2.45) is 5.41 Å². The molecule has 0 amide bonds. The predicted molar refractivity (Wildman–Crippen MR) is 88.1 cm³/mol. The Morgan fingerprint density at radius 3 is 2.86 bits per heavy atom. The van der Waals surface area contributed by atoms with Gasteiger partial charge in [-0.05, 0) is 25.2 Å². The molecule has 0 spiro atoms. The number of thiazole rings is 2. The van der Waals surface area contributed by atoms with Crippen molar-refractivity contribution < 1.29 is 5.11 Å². The lowest BCUT2D eigenvalue weighted by Crippen LogP contribution is -2.24. The molecule has 2 aromatic rings. The summed E-state index contributed by atoms with van der Waals surface area (Å²) in [6.45, 7) is 7.17. The standard InChI is InChI=1S/C15H21N3OS2/c1-9-16-10(8-20-9)7-18(4)14-17-11-5-15(2,3)6-12(19)13(11)21-14/h8,12,19H,5-7H2,1-4H3. The minimum atomic E-state index is -0.370. The Balaban J connectivity index is 1.81. The molecule has 1 N–H and O–H groups in total. The van der Waals surface area contributed by atoms with Crippen molar-refractivity contribution in [2.75, 3.05) is 11.9 Å². The van der Waals surface area contributed by atoms with Crippen LogP contribution in [-0.2, 0) is 13.0 Å². The lowest BCUT2D eigenvalue weighted by molar-refractivity contribution is 0.102. The molecule has 0 aromatic carbocycles. The van der Waals surface area contributed by atoms with E-state index in [0.29, 0.717) is 0 Å². The molecule has 2 aromatic heterocycles. The highest BCUT2D eigenvalue weighted by Crippen LogP contribution is 2.44. The molecule has 0 radical (unpaired) electrons. The van der Waals surface area contributed by atoms with Gasteiger partial charge in [-0.3, -0.25) is 0 Å². The van der Waals surface area contributed by atoms with Gasteiger partial charge in [-0.2, -0.15) is 0 Å². The van der Waals surface area contributed by atoms with Crippen LogP contribution in [0.2, 0.25) is 0 Å². The van der Waals surface area contributed by atoms with Gasteiger partial charge in [-0.1, -0.05) is 25.2 Å². The molecule has 1 unspecified atom stereocenters. The molecule has 21 heavy (non-hydrogen) atoms. The molecule has 0 fully saturated rings. The van der Waals surface area contributed by atoms with Crippen LogP contribution >= 0.6 is 22.7 Å². The topological polar surface area (TPSA) is 49.2 Å². The van der Waals surface area contributed by atoms with Crippen molar-refractivity contribution >= 4 is 27.8 Å². The first kappa shape index (κ1) is 14.9. The van der Waals surface area contributed by atoms with Crippen LogP contribution in [0, 0.1) is 12.3 Å². The number of anilines is 1. The fourth-order valence-corrected chi connectivity index (χ4v) is 4.47. The number of nitrogens with zero attached hydrogens (tertiary/aromatic N) is 3. The van der Waals surface area contributed by atoms with Crippen molar-refractivity contribution in [3.63, 3.8) is 0 Å². The highest BCUT2D eigenvalue weighted by molar-refractivity contribution is 7.15. The zero-order chi connectivity index (χ0) is 15.2. The Morgan fingerprint density at radius 2 is 2.19 bits per heavy atom. The average Bonchev–Trinajstić information content (AvgIpc) is 2.94. The molecule has 0 saturated carbocycles. The number of aliphatic hydroxyl groups excluding tert-OH is 1. The quantitative estimate of drug-likeness (QED) is 0.938. The molecule has 1 aliphatic carbocycles. The normalized spacial score (nSPS) is 20.3. The molecule has 1 atom stereocenters. The molecule has 4 nitrogen and oxygen atoms in total. The van der Waals surface area contributed by atoms with Gasteiger partial charge in [0, 0.05) is 12.4 Å². The Labute approximate surface area is 133 Å². The second-order valence-electron chi connectivity index (χ2n) is 6.58. The van der Waals surface area contributed by atoms with E-state index in [1.807, 2.05) is 14.0 Å². The third kappa shape index (κ3) is 3.12. The minimum Gasteiger partial charge on any atom is -0.387 e. The number of fused-ring (bicyclic) bond motifs is 1. The maximum Gasteiger partial charge on any atom is 0.185 e. The van der Waals surface area contributed by atoms with E-state index in [1.54, 1.807) is 22.7 Å². The van der Waals surface area contributed by atoms with Gasteiger partial charge in [0.1, 0.15) is 0 Å². The molecular formula is C15H21N3OS2. The van der Waals surface area contributed by atoms with E-state index in [-0.39, 0.29) is 11.5 Å². The maximum absolute atomic E-state index is 10.3. The molecule has 3 rings (SSSR count). The molecule has 114 valence electrons. The average molecular weight is 323 g/mol. The maximum atomic E-state index is 10.3. The first-order valence-electron chi connectivity index (χ1n) is 7.14. The minimum absolute atomic E-state index is 0.127. The lowest BCUT2D eigenvalue weighted by Gasteiger charge is -2.31. The van der Waals surface area contributed by atoms with Gasteiger partial charge >= 0.3 is 0 Å². The van der Waals surface area contributed by atoms with Crippen LogP contribution < -0.4 is 4.90 Å². The summed E-state index contributed by atoms with van der Waals surface area (Å²) in [5.74, 6) is 0. The van der Waals surface area contributed by atoms with Crippen LogP contribution in [0.1, 0.15) is 47.6 Å². The summed E-state index contributed by atoms with van der Waals surface area (Å²) in [6, 6.07) is 0. The number of aliphatic hydroxyl groups is 1. The van der Waals surface area contributed by atoms with E-state index < -0.39 is 0 Å². The van der Waals surface area contributed by atoms with Crippen LogP contribution in [0.3, 0.4) is 0 Å². The third-order valence-corrected chi connectivity index (χ3v) is 5.94. The predicted octanol–water partition coefficient (Wildman–Crippen LogP) is 3.55. The van der Waals surface area contributed by atoms with E-state index in [9.17, 15) is 5.11 Å². The van der Waals surface area contributed by atoms with Crippen molar-refractivity contribution in [1.29, 1.82) is 0 Å². The third-order valence-electron chi connectivity index (χ3n) is 3.80. The van der Waals surface area contributed by atoms with Crippen LogP contribution in [0.25, 0.3) is 0 Å². The fourth-order valence-electron chi connectivity index (χ4n) is 2.83. The smallest absolute Gasteiger partial charge is 0.185 e. The van der Waals surface area contributed by atoms with Crippen LogP contribution in [-0.4, -0.2) is 22.1 Å². The molecular weight excluding hydrogens is 302 g/mol. The number of hydrogen-bond donors (Lipinski definition) is 1. The lowest BCUT2D eigenvalue weighted by atomic mass is 9.77. The molecule has 6 heteroatoms. The Kier molecular flexibility index (Phi) is 3.80. The van der Waals surface area contributed by atoms with E-state index >= 15 is 0 Å². The number of rotatable bonds is 3. The van der Waals surface area contributed by atoms with E-state index in [0.717, 1.165) is 45.8 Å². The summed E-state index contributed by atoms with van der Waals surface area (Å²) < 4.78 is 0. The fraction of sp³-hybridized carbons (Fsp3) is 0.600. The van der Waals surface area contributed by atoms with Gasteiger partial charge in [0.25, 0.3) is 0 Å². The molecule has 2 heterocycles. The largest absolute Gasteiger partial charge is 0.387 e. The zero-order valence-corrected chi connectivity index (χ0v) is 14.5. The number of aromatic nitrogens is 2. The van der Waals surface area contributed by atoms with E-state index in [2.05, 4.69) is 29.1 Å². The van der Waals surface area contributed by atoms with Gasteiger partial charge in [0.15, 0.2) is 5.13 Å². The van der Waals surface area contributed by atoms with Crippen molar-refractivity contribution in [3.8, 4) is 0 Å². The SMILES string of the molecule is Cc1nc(CN(C)c2nc3c(s2)C(O)CC(C)(C)C3)cs1. The second kappa shape index (κ2) is 5.34. The van der Waals surface area contributed by atoms with Crippen LogP contribution in [0.15, 0.2) is 5.38 Å². The summed E-state index contributed by atoms with van der Waals surface area (Å²) >= 11 is 3.29. The molecule has 0 saturated heterocycles. The summed E-state index contributed by atoms with van der Waals surface area (Å²) in [5.41, 5.74) is 2.27. The van der Waals surface area contributed by atoms with Crippen molar-refractivity contribution in [3.05, 3.63) is 26.7 Å². The molecule has 1 aliphatic rings. The van der Waals surface area contributed by atoms with Gasteiger partial charge < -0.3 is 10.0 Å². The number of hydrogen-bond acceptors (Lipinski definition) is 6. The van der Waals surface area contributed by atoms with Crippen LogP contribution in [0.4, 0.5) is 5.13 Å². The monoisotopic (exact) mass is 323 g/mol. The first-order valence-corrected chi connectivity index (χ1v) is 8.83. The van der Waals surface area contributed by atoms with Crippen molar-refractivity contribution in [2.45, 2.75) is 46.3 Å². The summed E-state index contributed by atoms with van der Waals surface area (Å²) in [4.78, 5) is 12.4. The van der Waals surface area contributed by atoms with E-state index in [4.69, 9.17) is 4.98 Å². The van der Waals surface area contributed by atoms with Crippen LogP contribution in [0.5, 0.6) is 0 Å². The Morgan fingerprint density at radius 1 is 1.43 bits per heavy atom. The van der Waals surface area contributed by atoms with E-state index in [1.165, 1.54) is 0 Å². The van der Waals surface area contributed by atoms with Crippen molar-refractivity contribution in [1.82, 2.24) is 9.97 Å². The number of aryl methyl sites for hydroxylation is 1. The first-order chi connectivity index (χ1) is 9.84. The van der Waals surface area contributed by atoms with Gasteiger partial charge in [-0.25, -0.2) is 9.97 Å².